The van der Waals surface area contributed by atoms with Crippen LogP contribution in [0.25, 0.3) is 0 Å². The highest BCUT2D eigenvalue weighted by Gasteiger charge is 2.30. The Morgan fingerprint density at radius 3 is 2.48 bits per heavy atom. The second-order valence-corrected chi connectivity index (χ2v) is 5.34. The van der Waals surface area contributed by atoms with Crippen LogP contribution in [0.3, 0.4) is 0 Å². The zero-order chi connectivity index (χ0) is 16.3. The van der Waals surface area contributed by atoms with E-state index in [0.717, 1.165) is 0 Å². The molecule has 0 bridgehead atoms. The molecule has 0 aliphatic carbocycles. The van der Waals surface area contributed by atoms with Crippen molar-refractivity contribution in [2.24, 2.45) is 7.05 Å². The van der Waals surface area contributed by atoms with Crippen molar-refractivity contribution in [3.8, 4) is 0 Å². The number of hydrogen-bond acceptors (Lipinski definition) is 5. The Kier molecular flexibility index (Phi) is 5.28. The molecule has 1 unspecified atom stereocenters. The lowest BCUT2D eigenvalue weighted by Gasteiger charge is -2.20. The molecular formula is C13H23N5O3. The molecular weight excluding hydrogens is 274 g/mol. The van der Waals surface area contributed by atoms with Gasteiger partial charge in [0.25, 0.3) is 0 Å². The second-order valence-electron chi connectivity index (χ2n) is 5.34. The maximum atomic E-state index is 12.1. The van der Waals surface area contributed by atoms with Crippen LogP contribution in [0.5, 0.6) is 0 Å². The first-order valence-corrected chi connectivity index (χ1v) is 6.93. The van der Waals surface area contributed by atoms with Gasteiger partial charge in [0.05, 0.1) is 4.92 Å². The van der Waals surface area contributed by atoms with E-state index in [1.807, 2.05) is 20.8 Å². The van der Waals surface area contributed by atoms with E-state index in [1.54, 1.807) is 25.9 Å². The van der Waals surface area contributed by atoms with Crippen molar-refractivity contribution in [1.29, 1.82) is 0 Å². The number of nitro groups is 1. The number of carbonyl (C=O) groups excluding carboxylic acids is 1. The summed E-state index contributed by atoms with van der Waals surface area (Å²) >= 11 is 0. The molecule has 1 heterocycles. The first-order chi connectivity index (χ1) is 9.70. The Bertz CT molecular complexity index is 538. The number of carbonyl (C=O) groups is 1. The summed E-state index contributed by atoms with van der Waals surface area (Å²) in [4.78, 5) is 24.5. The van der Waals surface area contributed by atoms with Crippen LogP contribution in [0.15, 0.2) is 0 Å². The molecule has 1 amide bonds. The smallest absolute Gasteiger partial charge is 0.334 e. The van der Waals surface area contributed by atoms with Crippen molar-refractivity contribution in [3.63, 3.8) is 0 Å². The Morgan fingerprint density at radius 1 is 1.48 bits per heavy atom. The Balaban J connectivity index is 3.14. The molecule has 1 aromatic heterocycles. The van der Waals surface area contributed by atoms with Gasteiger partial charge >= 0.3 is 5.69 Å². The van der Waals surface area contributed by atoms with Gasteiger partial charge in [-0.05, 0) is 13.8 Å². The van der Waals surface area contributed by atoms with Gasteiger partial charge in [-0.2, -0.15) is 5.10 Å². The van der Waals surface area contributed by atoms with Gasteiger partial charge in [-0.1, -0.05) is 13.8 Å². The molecule has 0 saturated carbocycles. The number of amides is 1. The lowest BCUT2D eigenvalue weighted by molar-refractivity contribution is -0.384. The molecule has 1 aromatic rings. The molecule has 21 heavy (non-hydrogen) atoms. The highest BCUT2D eigenvalue weighted by atomic mass is 16.6. The van der Waals surface area contributed by atoms with Crippen LogP contribution in [0.1, 0.15) is 39.3 Å². The van der Waals surface area contributed by atoms with E-state index in [2.05, 4.69) is 10.4 Å². The van der Waals surface area contributed by atoms with Gasteiger partial charge in [0.1, 0.15) is 11.7 Å². The molecule has 0 saturated heterocycles. The molecule has 8 nitrogen and oxygen atoms in total. The zero-order valence-corrected chi connectivity index (χ0v) is 13.4. The number of likely N-dealkylation sites (N-methyl/N-ethyl adjacent to an activating group) is 1. The van der Waals surface area contributed by atoms with Crippen LogP contribution in [0.4, 0.5) is 11.5 Å². The molecule has 0 spiro atoms. The summed E-state index contributed by atoms with van der Waals surface area (Å²) in [6.45, 7) is 7.82. The van der Waals surface area contributed by atoms with Crippen molar-refractivity contribution in [1.82, 2.24) is 14.7 Å². The molecule has 0 radical (unpaired) electrons. The van der Waals surface area contributed by atoms with Crippen LogP contribution >= 0.6 is 0 Å². The van der Waals surface area contributed by atoms with E-state index in [0.29, 0.717) is 12.2 Å². The van der Waals surface area contributed by atoms with Gasteiger partial charge in [-0.25, -0.2) is 4.68 Å². The number of aromatic nitrogens is 2. The molecule has 118 valence electrons. The van der Waals surface area contributed by atoms with Gasteiger partial charge in [0, 0.05) is 26.6 Å². The third-order valence-electron chi connectivity index (χ3n) is 3.35. The number of aryl methyl sites for hydroxylation is 1. The maximum absolute atomic E-state index is 12.1. The monoisotopic (exact) mass is 297 g/mol. The van der Waals surface area contributed by atoms with Crippen LogP contribution in [0, 0.1) is 10.1 Å². The number of nitrogens with zero attached hydrogens (tertiary/aromatic N) is 4. The first-order valence-electron chi connectivity index (χ1n) is 6.93. The lowest BCUT2D eigenvalue weighted by Crippen LogP contribution is -2.39. The molecule has 0 aliphatic heterocycles. The average Bonchev–Trinajstić information content (AvgIpc) is 2.74. The summed E-state index contributed by atoms with van der Waals surface area (Å²) in [6.07, 6.45) is 0. The van der Waals surface area contributed by atoms with Crippen molar-refractivity contribution in [2.45, 2.75) is 39.7 Å². The predicted octanol–water partition coefficient (Wildman–Crippen LogP) is 1.73. The minimum Gasteiger partial charge on any atom is -0.353 e. The Hall–Kier alpha value is -2.12. The molecule has 0 aliphatic rings. The fraction of sp³-hybridized carbons (Fsp3) is 0.692. The third kappa shape index (κ3) is 3.50. The number of rotatable bonds is 6. The summed E-state index contributed by atoms with van der Waals surface area (Å²) in [5.74, 6) is 0.0598. The van der Waals surface area contributed by atoms with Crippen LogP contribution in [-0.4, -0.2) is 45.1 Å². The summed E-state index contributed by atoms with van der Waals surface area (Å²) in [5, 5.41) is 18.4. The topological polar surface area (TPSA) is 93.3 Å². The van der Waals surface area contributed by atoms with Gasteiger partial charge in [-0.3, -0.25) is 14.9 Å². The minimum absolute atomic E-state index is 0.0636. The van der Waals surface area contributed by atoms with Crippen LogP contribution < -0.4 is 5.32 Å². The summed E-state index contributed by atoms with van der Waals surface area (Å²) < 4.78 is 1.42. The Morgan fingerprint density at radius 2 is 2.05 bits per heavy atom. The fourth-order valence-electron chi connectivity index (χ4n) is 2.02. The van der Waals surface area contributed by atoms with Crippen molar-refractivity contribution in [2.75, 3.05) is 18.9 Å². The summed E-state index contributed by atoms with van der Waals surface area (Å²) in [5.41, 5.74) is 0.347. The number of anilines is 1. The SMILES string of the molecule is CCN(C)C(=O)C(C)Nc1c([N+](=O)[O-])c(C(C)C)nn1C. The molecule has 1 atom stereocenters. The quantitative estimate of drug-likeness (QED) is 0.637. The zero-order valence-electron chi connectivity index (χ0n) is 13.4. The van der Waals surface area contributed by atoms with Crippen molar-refractivity contribution in [3.05, 3.63) is 15.8 Å². The molecule has 0 aromatic carbocycles. The van der Waals surface area contributed by atoms with Crippen LogP contribution in [0.2, 0.25) is 0 Å². The van der Waals surface area contributed by atoms with E-state index in [1.165, 1.54) is 4.68 Å². The highest BCUT2D eigenvalue weighted by Crippen LogP contribution is 2.33. The van der Waals surface area contributed by atoms with Gasteiger partial charge in [-0.15, -0.1) is 0 Å². The predicted molar refractivity (Wildman–Crippen MR) is 80.3 cm³/mol. The second kappa shape index (κ2) is 6.55. The largest absolute Gasteiger partial charge is 0.353 e. The highest BCUT2D eigenvalue weighted by molar-refractivity contribution is 5.84. The van der Waals surface area contributed by atoms with E-state index < -0.39 is 11.0 Å². The van der Waals surface area contributed by atoms with E-state index in [4.69, 9.17) is 0 Å². The van der Waals surface area contributed by atoms with Gasteiger partial charge in [0.2, 0.25) is 11.7 Å². The fourth-order valence-corrected chi connectivity index (χ4v) is 2.02. The lowest BCUT2D eigenvalue weighted by atomic mass is 10.1. The molecule has 1 rings (SSSR count). The van der Waals surface area contributed by atoms with E-state index in [-0.39, 0.29) is 23.3 Å². The van der Waals surface area contributed by atoms with Gasteiger partial charge < -0.3 is 10.2 Å². The molecule has 0 fully saturated rings. The first kappa shape index (κ1) is 16.9. The summed E-state index contributed by atoms with van der Waals surface area (Å²) in [6, 6.07) is -0.566. The molecule has 8 heteroatoms. The van der Waals surface area contributed by atoms with Crippen molar-refractivity contribution < 1.29 is 9.72 Å². The Labute approximate surface area is 124 Å². The van der Waals surface area contributed by atoms with Crippen LogP contribution in [-0.2, 0) is 11.8 Å². The molecule has 1 N–H and O–H groups in total. The average molecular weight is 297 g/mol. The number of nitrogens with one attached hydrogen (secondary N) is 1. The van der Waals surface area contributed by atoms with E-state index in [9.17, 15) is 14.9 Å². The number of hydrogen-bond donors (Lipinski definition) is 1. The third-order valence-corrected chi connectivity index (χ3v) is 3.35. The summed E-state index contributed by atoms with van der Waals surface area (Å²) in [7, 11) is 3.32. The maximum Gasteiger partial charge on any atom is 0.334 e. The van der Waals surface area contributed by atoms with Crippen molar-refractivity contribution >= 4 is 17.4 Å². The minimum atomic E-state index is -0.566. The van der Waals surface area contributed by atoms with E-state index >= 15 is 0 Å². The normalized spacial score (nSPS) is 12.3. The standard InChI is InChI=1S/C13H23N5O3/c1-7-16(5)13(19)9(4)14-12-11(18(20)21)10(8(2)3)15-17(12)6/h8-9,14H,7H2,1-6H3. The van der Waals surface area contributed by atoms with Gasteiger partial charge in [0.15, 0.2) is 0 Å².